The van der Waals surface area contributed by atoms with E-state index in [1.165, 1.54) is 5.56 Å². The van der Waals surface area contributed by atoms with Crippen molar-refractivity contribution in [3.05, 3.63) is 64.6 Å². The Labute approximate surface area is 131 Å². The van der Waals surface area contributed by atoms with Gasteiger partial charge in [-0.2, -0.15) is 0 Å². The van der Waals surface area contributed by atoms with Crippen molar-refractivity contribution in [3.8, 4) is 0 Å². The first-order valence-corrected chi connectivity index (χ1v) is 8.74. The van der Waals surface area contributed by atoms with Crippen LogP contribution in [0.2, 0.25) is 0 Å². The number of benzene rings is 2. The monoisotopic (exact) mass is 351 g/mol. The van der Waals surface area contributed by atoms with Gasteiger partial charge in [-0.25, -0.2) is 0 Å². The molecule has 0 aliphatic rings. The molecule has 0 aliphatic heterocycles. The molecule has 0 aromatic heterocycles. The average molecular weight is 352 g/mol. The number of rotatable bonds is 6. The molecule has 20 heavy (non-hydrogen) atoms. The van der Waals surface area contributed by atoms with Crippen molar-refractivity contribution in [1.82, 2.24) is 5.32 Å². The van der Waals surface area contributed by atoms with E-state index in [-0.39, 0.29) is 6.04 Å². The minimum absolute atomic E-state index is 0.112. The zero-order chi connectivity index (χ0) is 14.4. The second-order valence-electron chi connectivity index (χ2n) is 4.49. The summed E-state index contributed by atoms with van der Waals surface area (Å²) in [5, 5.41) is 3.41. The first kappa shape index (κ1) is 15.4. The number of hydrogen-bond donors (Lipinski definition) is 1. The van der Waals surface area contributed by atoms with Crippen LogP contribution < -0.4 is 5.32 Å². The van der Waals surface area contributed by atoms with Crippen LogP contribution in [0.1, 0.15) is 18.5 Å². The van der Waals surface area contributed by atoms with Crippen LogP contribution in [-0.4, -0.2) is 16.5 Å². The smallest absolute Gasteiger partial charge is 0.0549 e. The van der Waals surface area contributed by atoms with Gasteiger partial charge < -0.3 is 5.32 Å². The molecule has 0 saturated heterocycles. The van der Waals surface area contributed by atoms with Crippen LogP contribution in [0.4, 0.5) is 0 Å². The van der Waals surface area contributed by atoms with E-state index in [9.17, 15) is 4.21 Å². The molecule has 4 heteroatoms. The largest absolute Gasteiger partial charge is 0.309 e. The van der Waals surface area contributed by atoms with Gasteiger partial charge in [-0.15, -0.1) is 0 Å². The summed E-state index contributed by atoms with van der Waals surface area (Å²) in [6.07, 6.45) is 0. The predicted octanol–water partition coefficient (Wildman–Crippen LogP) is 3.91. The Morgan fingerprint density at radius 2 is 1.90 bits per heavy atom. The number of hydrogen-bond acceptors (Lipinski definition) is 2. The maximum absolute atomic E-state index is 12.5. The van der Waals surface area contributed by atoms with Crippen LogP contribution in [0.15, 0.2) is 64.0 Å². The van der Waals surface area contributed by atoms with Gasteiger partial charge in [0.05, 0.1) is 10.8 Å². The highest BCUT2D eigenvalue weighted by Gasteiger charge is 2.15. The molecule has 0 saturated carbocycles. The highest BCUT2D eigenvalue weighted by Crippen LogP contribution is 2.19. The summed E-state index contributed by atoms with van der Waals surface area (Å²) >= 11 is 3.42. The lowest BCUT2D eigenvalue weighted by molar-refractivity contribution is 0.594. The molecule has 2 aromatic rings. The molecule has 106 valence electrons. The molecule has 1 N–H and O–H groups in total. The van der Waals surface area contributed by atoms with Crippen molar-refractivity contribution in [2.75, 3.05) is 12.3 Å². The SMILES string of the molecule is CCNC(CS(=O)c1cccc(Br)c1)c1ccccc1. The molecular formula is C16H18BrNOS. The van der Waals surface area contributed by atoms with Crippen molar-refractivity contribution >= 4 is 26.7 Å². The minimum atomic E-state index is -1.02. The Kier molecular flexibility index (Phi) is 5.95. The van der Waals surface area contributed by atoms with E-state index < -0.39 is 10.8 Å². The minimum Gasteiger partial charge on any atom is -0.309 e. The van der Waals surface area contributed by atoms with Gasteiger partial charge in [0.15, 0.2) is 0 Å². The lowest BCUT2D eigenvalue weighted by atomic mass is 10.1. The van der Waals surface area contributed by atoms with E-state index in [1.807, 2.05) is 42.5 Å². The zero-order valence-electron chi connectivity index (χ0n) is 11.4. The van der Waals surface area contributed by atoms with Crippen LogP contribution in [0.3, 0.4) is 0 Å². The lowest BCUT2D eigenvalue weighted by Crippen LogP contribution is -2.26. The quantitative estimate of drug-likeness (QED) is 0.854. The van der Waals surface area contributed by atoms with Crippen LogP contribution in [-0.2, 0) is 10.8 Å². The van der Waals surface area contributed by atoms with Crippen molar-refractivity contribution < 1.29 is 4.21 Å². The van der Waals surface area contributed by atoms with Crippen molar-refractivity contribution in [1.29, 1.82) is 0 Å². The summed E-state index contributed by atoms with van der Waals surface area (Å²) in [6.45, 7) is 2.92. The van der Waals surface area contributed by atoms with Gasteiger partial charge >= 0.3 is 0 Å². The molecule has 2 unspecified atom stereocenters. The van der Waals surface area contributed by atoms with Crippen molar-refractivity contribution in [3.63, 3.8) is 0 Å². The maximum Gasteiger partial charge on any atom is 0.0549 e. The summed E-state index contributed by atoms with van der Waals surface area (Å²) in [5.74, 6) is 0.578. The normalized spacial score (nSPS) is 13.9. The van der Waals surface area contributed by atoms with E-state index in [0.717, 1.165) is 15.9 Å². The molecule has 2 atom stereocenters. The van der Waals surface area contributed by atoms with Crippen molar-refractivity contribution in [2.24, 2.45) is 0 Å². The van der Waals surface area contributed by atoms with Crippen LogP contribution in [0.5, 0.6) is 0 Å². The first-order chi connectivity index (χ1) is 9.70. The number of halogens is 1. The van der Waals surface area contributed by atoms with Crippen molar-refractivity contribution in [2.45, 2.75) is 17.9 Å². The van der Waals surface area contributed by atoms with Crippen LogP contribution >= 0.6 is 15.9 Å². The fourth-order valence-electron chi connectivity index (χ4n) is 2.06. The van der Waals surface area contributed by atoms with E-state index in [1.54, 1.807) is 0 Å². The summed E-state index contributed by atoms with van der Waals surface area (Å²) < 4.78 is 13.5. The first-order valence-electron chi connectivity index (χ1n) is 6.63. The van der Waals surface area contributed by atoms with E-state index in [4.69, 9.17) is 0 Å². The Bertz CT molecular complexity index is 574. The van der Waals surface area contributed by atoms with E-state index in [0.29, 0.717) is 5.75 Å². The molecule has 0 spiro atoms. The molecule has 0 radical (unpaired) electrons. The third-order valence-electron chi connectivity index (χ3n) is 3.03. The Morgan fingerprint density at radius 1 is 1.15 bits per heavy atom. The lowest BCUT2D eigenvalue weighted by Gasteiger charge is -2.18. The molecule has 2 aromatic carbocycles. The van der Waals surface area contributed by atoms with Gasteiger partial charge in [0.2, 0.25) is 0 Å². The Morgan fingerprint density at radius 3 is 2.55 bits per heavy atom. The van der Waals surface area contributed by atoms with Gasteiger partial charge in [0.25, 0.3) is 0 Å². The molecular weight excluding hydrogens is 334 g/mol. The van der Waals surface area contributed by atoms with Gasteiger partial charge in [-0.1, -0.05) is 59.3 Å². The summed E-state index contributed by atoms with van der Waals surface area (Å²) in [7, 11) is -1.02. The predicted molar refractivity (Wildman–Crippen MR) is 88.3 cm³/mol. The second-order valence-corrected chi connectivity index (χ2v) is 6.90. The molecule has 2 rings (SSSR count). The summed E-state index contributed by atoms with van der Waals surface area (Å²) in [4.78, 5) is 0.859. The second kappa shape index (κ2) is 7.72. The average Bonchev–Trinajstić information content (AvgIpc) is 2.47. The van der Waals surface area contributed by atoms with Crippen LogP contribution in [0.25, 0.3) is 0 Å². The highest BCUT2D eigenvalue weighted by atomic mass is 79.9. The van der Waals surface area contributed by atoms with E-state index >= 15 is 0 Å². The van der Waals surface area contributed by atoms with E-state index in [2.05, 4.69) is 40.3 Å². The molecule has 0 heterocycles. The third kappa shape index (κ3) is 4.27. The fraction of sp³-hybridized carbons (Fsp3) is 0.250. The molecule has 0 fully saturated rings. The Balaban J connectivity index is 2.14. The topological polar surface area (TPSA) is 29.1 Å². The third-order valence-corrected chi connectivity index (χ3v) is 4.94. The van der Waals surface area contributed by atoms with Crippen LogP contribution in [0, 0.1) is 0 Å². The summed E-state index contributed by atoms with van der Waals surface area (Å²) in [5.41, 5.74) is 1.18. The fourth-order valence-corrected chi connectivity index (χ4v) is 3.91. The number of nitrogens with one attached hydrogen (secondary N) is 1. The van der Waals surface area contributed by atoms with Gasteiger partial charge in [0.1, 0.15) is 0 Å². The molecule has 0 amide bonds. The zero-order valence-corrected chi connectivity index (χ0v) is 13.8. The highest BCUT2D eigenvalue weighted by molar-refractivity contribution is 9.10. The molecule has 0 aliphatic carbocycles. The van der Waals surface area contributed by atoms with Gasteiger partial charge in [0, 0.05) is 21.2 Å². The summed E-state index contributed by atoms with van der Waals surface area (Å²) in [6, 6.07) is 18.0. The van der Waals surface area contributed by atoms with Gasteiger partial charge in [-0.3, -0.25) is 4.21 Å². The standard InChI is InChI=1S/C16H18BrNOS/c1-2-18-16(13-7-4-3-5-8-13)12-20(19)15-10-6-9-14(17)11-15/h3-11,16,18H,2,12H2,1H3. The Hall–Kier alpha value is -0.970. The molecule has 0 bridgehead atoms. The molecule has 2 nitrogen and oxygen atoms in total. The van der Waals surface area contributed by atoms with Gasteiger partial charge in [-0.05, 0) is 30.3 Å². The maximum atomic E-state index is 12.5.